The standard InChI is InChI=1S/C19H25N3O4/c1-13-8-20-18(12-24-2)22(13)11-14-9-21(10-14)19(23)16-6-5-15(25-3)7-17(16)26-4/h5-8,14H,9-12H2,1-4H3. The zero-order chi connectivity index (χ0) is 18.7. The van der Waals surface area contributed by atoms with E-state index in [4.69, 9.17) is 14.2 Å². The number of hydrogen-bond acceptors (Lipinski definition) is 5. The summed E-state index contributed by atoms with van der Waals surface area (Å²) in [6, 6.07) is 5.26. The van der Waals surface area contributed by atoms with E-state index >= 15 is 0 Å². The average molecular weight is 359 g/mol. The maximum absolute atomic E-state index is 12.8. The molecular formula is C19H25N3O4. The van der Waals surface area contributed by atoms with Crippen molar-refractivity contribution in [3.05, 3.63) is 41.5 Å². The van der Waals surface area contributed by atoms with Gasteiger partial charge < -0.3 is 23.7 Å². The maximum Gasteiger partial charge on any atom is 0.257 e. The van der Waals surface area contributed by atoms with Gasteiger partial charge in [0.05, 0.1) is 19.8 Å². The fourth-order valence-corrected chi connectivity index (χ4v) is 3.26. The highest BCUT2D eigenvalue weighted by Gasteiger charge is 2.33. The molecule has 1 aliphatic heterocycles. The number of likely N-dealkylation sites (tertiary alicyclic amines) is 1. The van der Waals surface area contributed by atoms with Crippen molar-refractivity contribution < 1.29 is 19.0 Å². The Bertz CT molecular complexity index is 781. The summed E-state index contributed by atoms with van der Waals surface area (Å²) >= 11 is 0. The van der Waals surface area contributed by atoms with Crippen LogP contribution in [-0.2, 0) is 17.9 Å². The van der Waals surface area contributed by atoms with Crippen LogP contribution in [0.5, 0.6) is 11.5 Å². The third-order valence-electron chi connectivity index (χ3n) is 4.74. The van der Waals surface area contributed by atoms with Crippen molar-refractivity contribution in [1.82, 2.24) is 14.5 Å². The number of imidazole rings is 1. The monoisotopic (exact) mass is 359 g/mol. The van der Waals surface area contributed by atoms with E-state index in [0.29, 0.717) is 29.6 Å². The van der Waals surface area contributed by atoms with Crippen LogP contribution in [0.3, 0.4) is 0 Å². The molecular weight excluding hydrogens is 334 g/mol. The third-order valence-corrected chi connectivity index (χ3v) is 4.74. The number of rotatable bonds is 7. The summed E-state index contributed by atoms with van der Waals surface area (Å²) in [5.41, 5.74) is 1.67. The summed E-state index contributed by atoms with van der Waals surface area (Å²) in [6.07, 6.45) is 1.86. The molecule has 7 heteroatoms. The SMILES string of the molecule is COCc1ncc(C)n1CC1CN(C(=O)c2ccc(OC)cc2OC)C1. The second kappa shape index (κ2) is 7.78. The molecule has 26 heavy (non-hydrogen) atoms. The van der Waals surface area contributed by atoms with Gasteiger partial charge in [0.1, 0.15) is 23.9 Å². The van der Waals surface area contributed by atoms with Gasteiger partial charge in [0.2, 0.25) is 0 Å². The molecule has 1 saturated heterocycles. The Labute approximate surface area is 153 Å². The van der Waals surface area contributed by atoms with Gasteiger partial charge in [-0.25, -0.2) is 4.98 Å². The second-order valence-electron chi connectivity index (χ2n) is 6.50. The molecule has 1 aromatic heterocycles. The lowest BCUT2D eigenvalue weighted by Crippen LogP contribution is -2.51. The minimum atomic E-state index is -0.0137. The van der Waals surface area contributed by atoms with Gasteiger partial charge >= 0.3 is 0 Å². The molecule has 0 atom stereocenters. The molecule has 0 bridgehead atoms. The fraction of sp³-hybridized carbons (Fsp3) is 0.474. The Morgan fingerprint density at radius 1 is 1.23 bits per heavy atom. The molecule has 0 saturated carbocycles. The first-order chi connectivity index (χ1) is 12.6. The molecule has 140 valence electrons. The fourth-order valence-electron chi connectivity index (χ4n) is 3.26. The molecule has 0 aliphatic carbocycles. The number of ether oxygens (including phenoxy) is 3. The molecule has 0 N–H and O–H groups in total. The van der Waals surface area contributed by atoms with Crippen LogP contribution in [0, 0.1) is 12.8 Å². The van der Waals surface area contributed by atoms with Crippen molar-refractivity contribution in [3.63, 3.8) is 0 Å². The summed E-state index contributed by atoms with van der Waals surface area (Å²) in [5, 5.41) is 0. The molecule has 1 aromatic carbocycles. The molecule has 1 aliphatic rings. The van der Waals surface area contributed by atoms with Crippen LogP contribution in [0.15, 0.2) is 24.4 Å². The van der Waals surface area contributed by atoms with E-state index < -0.39 is 0 Å². The van der Waals surface area contributed by atoms with Gasteiger partial charge in [0, 0.05) is 50.6 Å². The number of amides is 1. The topological polar surface area (TPSA) is 65.8 Å². The number of carbonyl (C=O) groups excluding carboxylic acids is 1. The zero-order valence-electron chi connectivity index (χ0n) is 15.7. The zero-order valence-corrected chi connectivity index (χ0v) is 15.7. The smallest absolute Gasteiger partial charge is 0.257 e. The van der Waals surface area contributed by atoms with Crippen molar-refractivity contribution in [2.24, 2.45) is 5.92 Å². The van der Waals surface area contributed by atoms with Gasteiger partial charge in [-0.1, -0.05) is 0 Å². The van der Waals surface area contributed by atoms with E-state index in [1.165, 1.54) is 0 Å². The van der Waals surface area contributed by atoms with Crippen LogP contribution in [0.25, 0.3) is 0 Å². The number of aryl methyl sites for hydroxylation is 1. The predicted octanol–water partition coefficient (Wildman–Crippen LogP) is 2.13. The molecule has 2 aromatic rings. The van der Waals surface area contributed by atoms with Gasteiger partial charge in [-0.2, -0.15) is 0 Å². The van der Waals surface area contributed by atoms with Gasteiger partial charge in [-0.15, -0.1) is 0 Å². The van der Waals surface area contributed by atoms with Crippen LogP contribution in [0.4, 0.5) is 0 Å². The summed E-state index contributed by atoms with van der Waals surface area (Å²) in [6.45, 7) is 4.81. The number of hydrogen-bond donors (Lipinski definition) is 0. The maximum atomic E-state index is 12.8. The number of methoxy groups -OCH3 is 3. The predicted molar refractivity (Wildman–Crippen MR) is 96.6 cm³/mol. The Kier molecular flexibility index (Phi) is 5.46. The summed E-state index contributed by atoms with van der Waals surface area (Å²) in [4.78, 5) is 19.0. The van der Waals surface area contributed by atoms with Crippen LogP contribution in [-0.4, -0.2) is 54.8 Å². The highest BCUT2D eigenvalue weighted by atomic mass is 16.5. The van der Waals surface area contributed by atoms with Crippen LogP contribution >= 0.6 is 0 Å². The van der Waals surface area contributed by atoms with Crippen LogP contribution < -0.4 is 9.47 Å². The van der Waals surface area contributed by atoms with E-state index in [-0.39, 0.29) is 5.91 Å². The van der Waals surface area contributed by atoms with Gasteiger partial charge in [-0.3, -0.25) is 4.79 Å². The molecule has 2 heterocycles. The number of benzene rings is 1. The van der Waals surface area contributed by atoms with E-state index in [1.807, 2.05) is 18.0 Å². The second-order valence-corrected chi connectivity index (χ2v) is 6.50. The highest BCUT2D eigenvalue weighted by Crippen LogP contribution is 2.29. The molecule has 0 unspecified atom stereocenters. The van der Waals surface area contributed by atoms with Crippen molar-refractivity contribution >= 4 is 5.91 Å². The first kappa shape index (κ1) is 18.3. The van der Waals surface area contributed by atoms with Gasteiger partial charge in [0.25, 0.3) is 5.91 Å². The summed E-state index contributed by atoms with van der Waals surface area (Å²) in [7, 11) is 4.82. The summed E-state index contributed by atoms with van der Waals surface area (Å²) < 4.78 is 17.9. The van der Waals surface area contributed by atoms with Crippen LogP contribution in [0.1, 0.15) is 21.9 Å². The molecule has 0 spiro atoms. The van der Waals surface area contributed by atoms with E-state index in [1.54, 1.807) is 39.5 Å². The number of nitrogens with zero attached hydrogens (tertiary/aromatic N) is 3. The minimum Gasteiger partial charge on any atom is -0.497 e. The largest absolute Gasteiger partial charge is 0.497 e. The Morgan fingerprint density at radius 2 is 2.00 bits per heavy atom. The first-order valence-electron chi connectivity index (χ1n) is 8.58. The normalized spacial score (nSPS) is 14.2. The molecule has 1 amide bonds. The van der Waals surface area contributed by atoms with E-state index in [2.05, 4.69) is 9.55 Å². The van der Waals surface area contributed by atoms with E-state index in [0.717, 1.165) is 31.2 Å². The molecule has 7 nitrogen and oxygen atoms in total. The number of aromatic nitrogens is 2. The van der Waals surface area contributed by atoms with Gasteiger partial charge in [-0.05, 0) is 19.1 Å². The average Bonchev–Trinajstić information content (AvgIpc) is 2.96. The van der Waals surface area contributed by atoms with Crippen molar-refractivity contribution in [2.75, 3.05) is 34.4 Å². The quantitative estimate of drug-likeness (QED) is 0.758. The summed E-state index contributed by atoms with van der Waals surface area (Å²) in [5.74, 6) is 2.52. The lowest BCUT2D eigenvalue weighted by atomic mass is 9.98. The lowest BCUT2D eigenvalue weighted by Gasteiger charge is -2.40. The third kappa shape index (κ3) is 3.53. The molecule has 0 radical (unpaired) electrons. The van der Waals surface area contributed by atoms with Gasteiger partial charge in [0.15, 0.2) is 0 Å². The molecule has 3 rings (SSSR count). The van der Waals surface area contributed by atoms with Crippen molar-refractivity contribution in [2.45, 2.75) is 20.1 Å². The minimum absolute atomic E-state index is 0.0137. The molecule has 1 fully saturated rings. The first-order valence-corrected chi connectivity index (χ1v) is 8.58. The van der Waals surface area contributed by atoms with Crippen LogP contribution in [0.2, 0.25) is 0 Å². The Hall–Kier alpha value is -2.54. The lowest BCUT2D eigenvalue weighted by molar-refractivity contribution is 0.0459. The van der Waals surface area contributed by atoms with E-state index in [9.17, 15) is 4.79 Å². The number of carbonyl (C=O) groups is 1. The Morgan fingerprint density at radius 3 is 2.65 bits per heavy atom. The van der Waals surface area contributed by atoms with Crippen molar-refractivity contribution in [1.29, 1.82) is 0 Å². The highest BCUT2D eigenvalue weighted by molar-refractivity contribution is 5.97. The van der Waals surface area contributed by atoms with Crippen molar-refractivity contribution in [3.8, 4) is 11.5 Å². The Balaban J connectivity index is 1.63.